The lowest BCUT2D eigenvalue weighted by Crippen LogP contribution is -2.15. The van der Waals surface area contributed by atoms with Crippen molar-refractivity contribution >= 4 is 0 Å². The highest BCUT2D eigenvalue weighted by Gasteiger charge is 2.17. The first-order valence-corrected chi connectivity index (χ1v) is 3.96. The van der Waals surface area contributed by atoms with Crippen LogP contribution >= 0.6 is 0 Å². The molecule has 1 aliphatic heterocycles. The Morgan fingerprint density at radius 3 is 2.70 bits per heavy atom. The van der Waals surface area contributed by atoms with Crippen molar-refractivity contribution in [2.24, 2.45) is 0 Å². The van der Waals surface area contributed by atoms with Gasteiger partial charge in [0.1, 0.15) is 0 Å². The van der Waals surface area contributed by atoms with Crippen LogP contribution in [0.3, 0.4) is 0 Å². The van der Waals surface area contributed by atoms with Crippen molar-refractivity contribution in [2.75, 3.05) is 26.7 Å². The van der Waals surface area contributed by atoms with Crippen molar-refractivity contribution in [2.45, 2.75) is 13.3 Å². The minimum atomic E-state index is 1.12. The number of hydrogen-bond acceptors (Lipinski definition) is 2. The van der Waals surface area contributed by atoms with Gasteiger partial charge in [-0.25, -0.2) is 0 Å². The molecule has 0 bridgehead atoms. The molecule has 0 amide bonds. The summed E-state index contributed by atoms with van der Waals surface area (Å²) in [6.07, 6.45) is 3.38. The fraction of sp³-hybridized carbons (Fsp3) is 0.750. The van der Waals surface area contributed by atoms with Gasteiger partial charge >= 0.3 is 0 Å². The Balaban J connectivity index is 2.24. The van der Waals surface area contributed by atoms with E-state index in [2.05, 4.69) is 23.2 Å². The van der Waals surface area contributed by atoms with Crippen LogP contribution in [0.5, 0.6) is 0 Å². The van der Waals surface area contributed by atoms with Crippen LogP contribution in [0.4, 0.5) is 0 Å². The lowest BCUT2D eigenvalue weighted by atomic mass is 10.3. The SMILES string of the molecule is CC/C=C(/CN1CC1)NC. The van der Waals surface area contributed by atoms with Gasteiger partial charge in [0.05, 0.1) is 0 Å². The summed E-state index contributed by atoms with van der Waals surface area (Å²) in [4.78, 5) is 2.40. The third kappa shape index (κ3) is 2.40. The largest absolute Gasteiger partial charge is 0.391 e. The summed E-state index contributed by atoms with van der Waals surface area (Å²) in [6.45, 7) is 5.84. The summed E-state index contributed by atoms with van der Waals surface area (Å²) in [5, 5.41) is 3.19. The third-order valence-electron chi connectivity index (χ3n) is 1.71. The number of likely N-dealkylation sites (N-methyl/N-ethyl adjacent to an activating group) is 1. The van der Waals surface area contributed by atoms with Gasteiger partial charge in [-0.1, -0.05) is 13.0 Å². The molecule has 1 heterocycles. The van der Waals surface area contributed by atoms with Gasteiger partial charge < -0.3 is 5.32 Å². The molecule has 0 aromatic carbocycles. The van der Waals surface area contributed by atoms with Gasteiger partial charge in [-0.3, -0.25) is 4.90 Å². The number of hydrogen-bond donors (Lipinski definition) is 1. The molecule has 2 nitrogen and oxygen atoms in total. The second-order valence-electron chi connectivity index (χ2n) is 2.66. The van der Waals surface area contributed by atoms with Gasteiger partial charge in [-0.2, -0.15) is 0 Å². The average molecular weight is 140 g/mol. The summed E-state index contributed by atoms with van der Waals surface area (Å²) >= 11 is 0. The maximum atomic E-state index is 3.19. The van der Waals surface area contributed by atoms with E-state index in [0.717, 1.165) is 13.0 Å². The van der Waals surface area contributed by atoms with Crippen molar-refractivity contribution in [3.05, 3.63) is 11.8 Å². The molecule has 0 saturated carbocycles. The summed E-state index contributed by atoms with van der Waals surface area (Å²) < 4.78 is 0. The van der Waals surface area contributed by atoms with Crippen molar-refractivity contribution in [3.63, 3.8) is 0 Å². The molecule has 58 valence electrons. The molecule has 0 radical (unpaired) electrons. The Hall–Kier alpha value is -0.500. The first-order valence-electron chi connectivity index (χ1n) is 3.96. The fourth-order valence-corrected chi connectivity index (χ4v) is 0.962. The predicted octanol–water partition coefficient (Wildman–Crippen LogP) is 0.815. The maximum Gasteiger partial charge on any atom is 0.0379 e. The van der Waals surface area contributed by atoms with Gasteiger partial charge in [-0.05, 0) is 6.42 Å². The van der Waals surface area contributed by atoms with Crippen molar-refractivity contribution in [1.29, 1.82) is 0 Å². The Morgan fingerprint density at radius 1 is 1.60 bits per heavy atom. The van der Waals surface area contributed by atoms with Crippen LogP contribution in [0.15, 0.2) is 11.8 Å². The van der Waals surface area contributed by atoms with Crippen molar-refractivity contribution in [1.82, 2.24) is 10.2 Å². The molecular formula is C8H16N2. The Morgan fingerprint density at radius 2 is 2.30 bits per heavy atom. The third-order valence-corrected chi connectivity index (χ3v) is 1.71. The van der Waals surface area contributed by atoms with Gasteiger partial charge in [0.15, 0.2) is 0 Å². The van der Waals surface area contributed by atoms with Crippen LogP contribution in [0.2, 0.25) is 0 Å². The molecule has 10 heavy (non-hydrogen) atoms. The van der Waals surface area contributed by atoms with Gasteiger partial charge in [0, 0.05) is 32.4 Å². The monoisotopic (exact) mass is 140 g/mol. The van der Waals surface area contributed by atoms with E-state index in [-0.39, 0.29) is 0 Å². The number of nitrogens with zero attached hydrogens (tertiary/aromatic N) is 1. The van der Waals surface area contributed by atoms with E-state index in [1.54, 1.807) is 0 Å². The van der Waals surface area contributed by atoms with Gasteiger partial charge in [0.2, 0.25) is 0 Å². The minimum Gasteiger partial charge on any atom is -0.391 e. The van der Waals surface area contributed by atoms with E-state index in [9.17, 15) is 0 Å². The molecule has 2 heteroatoms. The molecule has 1 fully saturated rings. The number of rotatable bonds is 4. The van der Waals surface area contributed by atoms with Crippen LogP contribution in [0, 0.1) is 0 Å². The molecule has 0 unspecified atom stereocenters. The molecule has 0 spiro atoms. The van der Waals surface area contributed by atoms with Crippen LogP contribution < -0.4 is 5.32 Å². The quantitative estimate of drug-likeness (QED) is 0.581. The highest BCUT2D eigenvalue weighted by atomic mass is 15.3. The summed E-state index contributed by atoms with van der Waals surface area (Å²) in [6, 6.07) is 0. The first-order chi connectivity index (χ1) is 4.86. The summed E-state index contributed by atoms with van der Waals surface area (Å²) in [7, 11) is 1.99. The lowest BCUT2D eigenvalue weighted by Gasteiger charge is -2.05. The van der Waals surface area contributed by atoms with E-state index < -0.39 is 0 Å². The topological polar surface area (TPSA) is 15.0 Å². The first kappa shape index (κ1) is 7.61. The highest BCUT2D eigenvalue weighted by molar-refractivity contribution is 5.02. The number of nitrogens with one attached hydrogen (secondary N) is 1. The summed E-state index contributed by atoms with van der Waals surface area (Å²) in [5.41, 5.74) is 1.36. The normalized spacial score (nSPS) is 19.2. The Bertz CT molecular complexity index is 125. The molecule has 0 aromatic heterocycles. The van der Waals surface area contributed by atoms with E-state index in [1.807, 2.05) is 7.05 Å². The van der Waals surface area contributed by atoms with Gasteiger partial charge in [-0.15, -0.1) is 0 Å². The minimum absolute atomic E-state index is 1.12. The lowest BCUT2D eigenvalue weighted by molar-refractivity contribution is 0.588. The zero-order chi connectivity index (χ0) is 7.40. The van der Waals surface area contributed by atoms with Crippen LogP contribution in [-0.4, -0.2) is 31.6 Å². The zero-order valence-electron chi connectivity index (χ0n) is 6.85. The average Bonchev–Trinajstić information content (AvgIpc) is 2.71. The molecular weight excluding hydrogens is 124 g/mol. The Labute approximate surface area is 62.9 Å². The molecule has 1 N–H and O–H groups in total. The highest BCUT2D eigenvalue weighted by Crippen LogP contribution is 2.06. The van der Waals surface area contributed by atoms with Gasteiger partial charge in [0.25, 0.3) is 0 Å². The van der Waals surface area contributed by atoms with Crippen molar-refractivity contribution < 1.29 is 0 Å². The maximum absolute atomic E-state index is 3.19. The molecule has 0 aliphatic carbocycles. The van der Waals surface area contributed by atoms with E-state index in [0.29, 0.717) is 0 Å². The Kier molecular flexibility index (Phi) is 2.75. The molecule has 1 rings (SSSR count). The molecule has 1 saturated heterocycles. The second-order valence-corrected chi connectivity index (χ2v) is 2.66. The molecule has 0 atom stereocenters. The smallest absolute Gasteiger partial charge is 0.0379 e. The van der Waals surface area contributed by atoms with E-state index >= 15 is 0 Å². The van der Waals surface area contributed by atoms with Crippen molar-refractivity contribution in [3.8, 4) is 0 Å². The number of allylic oxidation sites excluding steroid dienone is 1. The summed E-state index contributed by atoms with van der Waals surface area (Å²) in [5.74, 6) is 0. The molecule has 1 aliphatic rings. The van der Waals surface area contributed by atoms with E-state index in [1.165, 1.54) is 18.8 Å². The van der Waals surface area contributed by atoms with E-state index in [4.69, 9.17) is 0 Å². The van der Waals surface area contributed by atoms with Crippen LogP contribution in [0.25, 0.3) is 0 Å². The second kappa shape index (κ2) is 3.62. The van der Waals surface area contributed by atoms with Crippen LogP contribution in [0.1, 0.15) is 13.3 Å². The zero-order valence-corrected chi connectivity index (χ0v) is 6.85. The predicted molar refractivity (Wildman–Crippen MR) is 43.9 cm³/mol. The molecule has 0 aromatic rings. The fourth-order valence-electron chi connectivity index (χ4n) is 0.962. The van der Waals surface area contributed by atoms with Crippen LogP contribution in [-0.2, 0) is 0 Å². The standard InChI is InChI=1S/C8H16N2/c1-3-4-8(9-2)7-10-5-6-10/h4,9H,3,5-7H2,1-2H3/b8-4-.